The smallest absolute Gasteiger partial charge is 0.310 e. The van der Waals surface area contributed by atoms with E-state index in [2.05, 4.69) is 5.32 Å². The molecule has 4 aliphatic carbocycles. The summed E-state index contributed by atoms with van der Waals surface area (Å²) in [5.74, 6) is 1.84. The Bertz CT molecular complexity index is 658. The monoisotopic (exact) mass is 381 g/mol. The third kappa shape index (κ3) is 3.39. The van der Waals surface area contributed by atoms with Crippen LogP contribution in [0.15, 0.2) is 18.2 Å². The lowest BCUT2D eigenvalue weighted by atomic mass is 9.52. The standard InChI is InChI=1S/C19H21Cl2NO3/c20-14-2-1-3-15(21)18(14)22-16(23)9-25-19(24)17-12-5-10-4-11(7-12)8-13(17)6-10/h1-3,10-13,17H,4-9H2,(H,22,23). The number of esters is 1. The van der Waals surface area contributed by atoms with Gasteiger partial charge in [0.25, 0.3) is 5.91 Å². The van der Waals surface area contributed by atoms with Crippen LogP contribution in [0.1, 0.15) is 32.1 Å². The number of para-hydroxylation sites is 1. The Balaban J connectivity index is 1.34. The average Bonchev–Trinajstić information content (AvgIpc) is 2.55. The van der Waals surface area contributed by atoms with Crippen molar-refractivity contribution in [3.8, 4) is 0 Å². The minimum absolute atomic E-state index is 0.0236. The number of carbonyl (C=O) groups excluding carboxylic acids is 2. The van der Waals surface area contributed by atoms with Crippen LogP contribution < -0.4 is 5.32 Å². The van der Waals surface area contributed by atoms with Crippen LogP contribution in [-0.4, -0.2) is 18.5 Å². The lowest BCUT2D eigenvalue weighted by Gasteiger charge is -2.53. The number of nitrogens with one attached hydrogen (secondary N) is 1. The molecule has 4 saturated carbocycles. The van der Waals surface area contributed by atoms with Crippen LogP contribution in [0.5, 0.6) is 0 Å². The summed E-state index contributed by atoms with van der Waals surface area (Å²) in [4.78, 5) is 24.7. The van der Waals surface area contributed by atoms with Crippen LogP contribution in [-0.2, 0) is 14.3 Å². The molecule has 1 aromatic carbocycles. The number of benzene rings is 1. The lowest BCUT2D eigenvalue weighted by Crippen LogP contribution is -2.48. The third-order valence-electron chi connectivity index (χ3n) is 6.07. The van der Waals surface area contributed by atoms with Crippen LogP contribution >= 0.6 is 23.2 Å². The number of rotatable bonds is 4. The van der Waals surface area contributed by atoms with Gasteiger partial charge in [0.15, 0.2) is 6.61 Å². The first-order valence-electron chi connectivity index (χ1n) is 8.91. The average molecular weight is 382 g/mol. The van der Waals surface area contributed by atoms with Crippen LogP contribution in [0.4, 0.5) is 5.69 Å². The zero-order valence-corrected chi connectivity index (χ0v) is 15.4. The van der Waals surface area contributed by atoms with E-state index in [4.69, 9.17) is 27.9 Å². The van der Waals surface area contributed by atoms with Crippen molar-refractivity contribution in [2.45, 2.75) is 32.1 Å². The summed E-state index contributed by atoms with van der Waals surface area (Å²) in [6, 6.07) is 4.99. The quantitative estimate of drug-likeness (QED) is 0.778. The molecular formula is C19H21Cl2NO3. The van der Waals surface area contributed by atoms with Gasteiger partial charge in [-0.05, 0) is 67.9 Å². The highest BCUT2D eigenvalue weighted by atomic mass is 35.5. The van der Waals surface area contributed by atoms with Crippen LogP contribution in [0.25, 0.3) is 0 Å². The van der Waals surface area contributed by atoms with Crippen molar-refractivity contribution in [3.63, 3.8) is 0 Å². The number of anilines is 1. The van der Waals surface area contributed by atoms with Gasteiger partial charge < -0.3 is 10.1 Å². The van der Waals surface area contributed by atoms with E-state index in [0.29, 0.717) is 27.6 Å². The molecule has 0 heterocycles. The van der Waals surface area contributed by atoms with E-state index >= 15 is 0 Å². The summed E-state index contributed by atoms with van der Waals surface area (Å²) in [5.41, 5.74) is 0.349. The fourth-order valence-electron chi connectivity index (χ4n) is 5.34. The maximum atomic E-state index is 12.6. The summed E-state index contributed by atoms with van der Waals surface area (Å²) in [6.45, 7) is -0.302. The fourth-order valence-corrected chi connectivity index (χ4v) is 5.83. The molecule has 0 saturated heterocycles. The van der Waals surface area contributed by atoms with Gasteiger partial charge in [0, 0.05) is 0 Å². The molecule has 0 atom stereocenters. The van der Waals surface area contributed by atoms with Crippen molar-refractivity contribution in [2.75, 3.05) is 11.9 Å². The fraction of sp³-hybridized carbons (Fsp3) is 0.579. The summed E-state index contributed by atoms with van der Waals surface area (Å²) >= 11 is 12.1. The zero-order chi connectivity index (χ0) is 17.6. The van der Waals surface area contributed by atoms with Gasteiger partial charge in [-0.2, -0.15) is 0 Å². The first kappa shape index (κ1) is 17.2. The van der Waals surface area contributed by atoms with E-state index in [0.717, 1.165) is 37.5 Å². The molecule has 0 spiro atoms. The van der Waals surface area contributed by atoms with E-state index in [9.17, 15) is 9.59 Å². The molecule has 5 rings (SSSR count). The Morgan fingerprint density at radius 1 is 1.00 bits per heavy atom. The van der Waals surface area contributed by atoms with E-state index in [1.54, 1.807) is 18.2 Å². The van der Waals surface area contributed by atoms with E-state index in [1.807, 2.05) is 0 Å². The van der Waals surface area contributed by atoms with Gasteiger partial charge in [-0.15, -0.1) is 0 Å². The Labute approximate surface area is 157 Å². The summed E-state index contributed by atoms with van der Waals surface area (Å²) in [6.07, 6.45) is 5.93. The molecule has 4 bridgehead atoms. The molecule has 4 aliphatic rings. The molecule has 0 radical (unpaired) electrons. The predicted molar refractivity (Wildman–Crippen MR) is 96.6 cm³/mol. The summed E-state index contributed by atoms with van der Waals surface area (Å²) in [5, 5.41) is 3.33. The maximum absolute atomic E-state index is 12.6. The molecule has 4 nitrogen and oxygen atoms in total. The Morgan fingerprint density at radius 2 is 1.56 bits per heavy atom. The third-order valence-corrected chi connectivity index (χ3v) is 6.70. The van der Waals surface area contributed by atoms with Gasteiger partial charge in [-0.25, -0.2) is 0 Å². The molecule has 1 aromatic rings. The number of halogens is 2. The first-order chi connectivity index (χ1) is 12.0. The van der Waals surface area contributed by atoms with Gasteiger partial charge in [-0.1, -0.05) is 29.3 Å². The van der Waals surface area contributed by atoms with Gasteiger partial charge >= 0.3 is 5.97 Å². The minimum atomic E-state index is -0.424. The summed E-state index contributed by atoms with van der Waals surface area (Å²) in [7, 11) is 0. The molecule has 1 N–H and O–H groups in total. The van der Waals surface area contributed by atoms with Crippen LogP contribution in [0, 0.1) is 29.6 Å². The summed E-state index contributed by atoms with van der Waals surface area (Å²) < 4.78 is 5.34. The topological polar surface area (TPSA) is 55.4 Å². The number of hydrogen-bond acceptors (Lipinski definition) is 3. The van der Waals surface area contributed by atoms with Gasteiger partial charge in [0.05, 0.1) is 21.7 Å². The van der Waals surface area contributed by atoms with Crippen molar-refractivity contribution in [3.05, 3.63) is 28.2 Å². The molecule has 1 amide bonds. The molecule has 0 aliphatic heterocycles. The van der Waals surface area contributed by atoms with Crippen molar-refractivity contribution in [1.82, 2.24) is 0 Å². The Morgan fingerprint density at radius 3 is 2.12 bits per heavy atom. The number of ether oxygens (including phenoxy) is 1. The molecule has 25 heavy (non-hydrogen) atoms. The largest absolute Gasteiger partial charge is 0.455 e. The normalized spacial score (nSPS) is 32.5. The minimum Gasteiger partial charge on any atom is -0.455 e. The Kier molecular flexibility index (Phi) is 4.67. The van der Waals surface area contributed by atoms with Gasteiger partial charge in [-0.3, -0.25) is 9.59 Å². The van der Waals surface area contributed by atoms with E-state index in [-0.39, 0.29) is 18.5 Å². The second kappa shape index (κ2) is 6.81. The highest BCUT2D eigenvalue weighted by Crippen LogP contribution is 2.56. The van der Waals surface area contributed by atoms with Crippen LogP contribution in [0.3, 0.4) is 0 Å². The van der Waals surface area contributed by atoms with Crippen LogP contribution in [0.2, 0.25) is 10.0 Å². The lowest BCUT2D eigenvalue weighted by molar-refractivity contribution is -0.164. The number of hydrogen-bond donors (Lipinski definition) is 1. The predicted octanol–water partition coefficient (Wildman–Crippen LogP) is 4.55. The molecule has 134 valence electrons. The molecule has 6 heteroatoms. The van der Waals surface area contributed by atoms with Gasteiger partial charge in [0.1, 0.15) is 0 Å². The number of amides is 1. The van der Waals surface area contributed by atoms with Crippen molar-refractivity contribution < 1.29 is 14.3 Å². The first-order valence-corrected chi connectivity index (χ1v) is 9.67. The highest BCUT2D eigenvalue weighted by Gasteiger charge is 2.51. The van der Waals surface area contributed by atoms with E-state index < -0.39 is 5.91 Å². The van der Waals surface area contributed by atoms with Crippen molar-refractivity contribution >= 4 is 40.8 Å². The highest BCUT2D eigenvalue weighted by molar-refractivity contribution is 6.39. The molecular weight excluding hydrogens is 361 g/mol. The molecule has 0 unspecified atom stereocenters. The van der Waals surface area contributed by atoms with Crippen molar-refractivity contribution in [1.29, 1.82) is 0 Å². The van der Waals surface area contributed by atoms with Crippen molar-refractivity contribution in [2.24, 2.45) is 29.6 Å². The SMILES string of the molecule is O=C(COC(=O)C1C2CC3CC(C2)CC1C3)Nc1c(Cl)cccc1Cl. The Hall–Kier alpha value is -1.26. The molecule has 0 aromatic heterocycles. The van der Waals surface area contributed by atoms with E-state index in [1.165, 1.54) is 6.42 Å². The second-order valence-corrected chi connectivity index (χ2v) is 8.52. The zero-order valence-electron chi connectivity index (χ0n) is 13.8. The molecule has 4 fully saturated rings. The number of carbonyl (C=O) groups is 2. The maximum Gasteiger partial charge on any atom is 0.310 e. The van der Waals surface area contributed by atoms with Gasteiger partial charge in [0.2, 0.25) is 0 Å². The second-order valence-electron chi connectivity index (χ2n) is 7.71.